The van der Waals surface area contributed by atoms with Crippen molar-refractivity contribution in [2.24, 2.45) is 17.3 Å². The molecule has 0 bridgehead atoms. The zero-order chi connectivity index (χ0) is 18.4. The van der Waals surface area contributed by atoms with Crippen LogP contribution in [0, 0.1) is 23.1 Å². The van der Waals surface area contributed by atoms with E-state index in [1.54, 1.807) is 0 Å². The highest BCUT2D eigenvalue weighted by molar-refractivity contribution is 6.31. The van der Waals surface area contributed by atoms with Crippen LogP contribution in [0.5, 0.6) is 0 Å². The third-order valence-electron chi connectivity index (χ3n) is 4.47. The van der Waals surface area contributed by atoms with Gasteiger partial charge in [0.25, 0.3) is 0 Å². The van der Waals surface area contributed by atoms with Crippen molar-refractivity contribution in [3.8, 4) is 0 Å². The van der Waals surface area contributed by atoms with E-state index in [0.29, 0.717) is 17.8 Å². The Bertz CT molecular complexity index is 804. The average molecular weight is 365 g/mol. The Morgan fingerprint density at radius 2 is 2.08 bits per heavy atom. The van der Waals surface area contributed by atoms with E-state index in [-0.39, 0.29) is 28.5 Å². The van der Waals surface area contributed by atoms with Gasteiger partial charge in [0.1, 0.15) is 11.6 Å². The van der Waals surface area contributed by atoms with Crippen molar-refractivity contribution < 1.29 is 18.8 Å². The molecule has 1 heterocycles. The van der Waals surface area contributed by atoms with Crippen molar-refractivity contribution >= 4 is 34.9 Å². The van der Waals surface area contributed by atoms with Crippen molar-refractivity contribution in [3.63, 3.8) is 0 Å². The SMILES string of the molecule is CC1(C)C=C2NC(=O)C[C@@H](C(=O)Nc3ccc(F)c(Cl)c3)[C@@H]2C(=O)C1. The second-order valence-electron chi connectivity index (χ2n) is 7.19. The lowest BCUT2D eigenvalue weighted by atomic mass is 9.69. The number of halogens is 2. The minimum absolute atomic E-state index is 0.0696. The molecule has 2 aliphatic rings. The van der Waals surface area contributed by atoms with Crippen LogP contribution in [0.15, 0.2) is 30.0 Å². The van der Waals surface area contributed by atoms with Crippen LogP contribution in [-0.2, 0) is 14.4 Å². The molecule has 0 radical (unpaired) electrons. The molecular weight excluding hydrogens is 347 g/mol. The number of Topliss-reactive ketones (excluding diaryl/α,β-unsaturated/α-hetero) is 1. The standard InChI is InChI=1S/C18H18ClFN2O3/c1-18(2)7-13-16(14(23)8-18)10(6-15(24)22-13)17(25)21-9-3-4-12(20)11(19)5-9/h3-5,7,10,16H,6,8H2,1-2H3,(H,21,25)(H,22,24)/t10-,16+/m1/s1. The van der Waals surface area contributed by atoms with Gasteiger partial charge >= 0.3 is 0 Å². The molecule has 5 nitrogen and oxygen atoms in total. The summed E-state index contributed by atoms with van der Waals surface area (Å²) >= 11 is 5.72. The molecule has 0 spiro atoms. The highest BCUT2D eigenvalue weighted by atomic mass is 35.5. The van der Waals surface area contributed by atoms with E-state index in [1.165, 1.54) is 12.1 Å². The molecule has 2 amide bonds. The first-order valence-electron chi connectivity index (χ1n) is 7.97. The lowest BCUT2D eigenvalue weighted by Crippen LogP contribution is -2.49. The fourth-order valence-electron chi connectivity index (χ4n) is 3.43. The van der Waals surface area contributed by atoms with Crippen LogP contribution in [0.1, 0.15) is 26.7 Å². The number of piperidine rings is 1. The third-order valence-corrected chi connectivity index (χ3v) is 4.76. The number of carbonyl (C=O) groups excluding carboxylic acids is 3. The molecule has 1 aliphatic carbocycles. The first-order valence-corrected chi connectivity index (χ1v) is 8.35. The average Bonchev–Trinajstić information content (AvgIpc) is 2.48. The molecule has 7 heteroatoms. The summed E-state index contributed by atoms with van der Waals surface area (Å²) in [5.41, 5.74) is 0.449. The molecule has 1 aromatic rings. The lowest BCUT2D eigenvalue weighted by Gasteiger charge is -2.38. The fraction of sp³-hybridized carbons (Fsp3) is 0.389. The Morgan fingerprint density at radius 1 is 1.36 bits per heavy atom. The molecule has 25 heavy (non-hydrogen) atoms. The number of anilines is 1. The number of nitrogens with one attached hydrogen (secondary N) is 2. The molecule has 2 N–H and O–H groups in total. The summed E-state index contributed by atoms with van der Waals surface area (Å²) < 4.78 is 13.2. The zero-order valence-corrected chi connectivity index (χ0v) is 14.6. The quantitative estimate of drug-likeness (QED) is 0.846. The van der Waals surface area contributed by atoms with Gasteiger partial charge < -0.3 is 10.6 Å². The number of hydrogen-bond donors (Lipinski definition) is 2. The molecule has 0 aromatic heterocycles. The molecule has 1 fully saturated rings. The maximum Gasteiger partial charge on any atom is 0.229 e. The Morgan fingerprint density at radius 3 is 2.76 bits per heavy atom. The summed E-state index contributed by atoms with van der Waals surface area (Å²) in [5, 5.41) is 5.23. The molecule has 3 rings (SSSR count). The Labute approximate surface area is 149 Å². The predicted octanol–water partition coefficient (Wildman–Crippen LogP) is 3.05. The number of allylic oxidation sites excluding steroid dienone is 2. The number of fused-ring (bicyclic) bond motifs is 1. The molecule has 2 atom stereocenters. The lowest BCUT2D eigenvalue weighted by molar-refractivity contribution is -0.136. The van der Waals surface area contributed by atoms with Gasteiger partial charge in [0.15, 0.2) is 0 Å². The molecule has 1 saturated heterocycles. The molecule has 132 valence electrons. The fourth-order valence-corrected chi connectivity index (χ4v) is 3.61. The van der Waals surface area contributed by atoms with E-state index < -0.39 is 23.6 Å². The summed E-state index contributed by atoms with van der Waals surface area (Å²) in [6.07, 6.45) is 2.09. The number of amides is 2. The van der Waals surface area contributed by atoms with Gasteiger partial charge in [-0.2, -0.15) is 0 Å². The van der Waals surface area contributed by atoms with Gasteiger partial charge in [-0.3, -0.25) is 14.4 Å². The highest BCUT2D eigenvalue weighted by Gasteiger charge is 2.45. The normalized spacial score (nSPS) is 24.9. The Kier molecular flexibility index (Phi) is 4.41. The Hall–Kier alpha value is -2.21. The molecule has 1 aromatic carbocycles. The smallest absolute Gasteiger partial charge is 0.229 e. The van der Waals surface area contributed by atoms with Crippen molar-refractivity contribution in [2.45, 2.75) is 26.7 Å². The highest BCUT2D eigenvalue weighted by Crippen LogP contribution is 2.40. The van der Waals surface area contributed by atoms with Gasteiger partial charge in [0.05, 0.1) is 16.9 Å². The van der Waals surface area contributed by atoms with Crippen LogP contribution in [0.2, 0.25) is 5.02 Å². The topological polar surface area (TPSA) is 75.3 Å². The second-order valence-corrected chi connectivity index (χ2v) is 7.59. The molecule has 0 saturated carbocycles. The van der Waals surface area contributed by atoms with E-state index in [9.17, 15) is 18.8 Å². The minimum Gasteiger partial charge on any atom is -0.329 e. The first-order chi connectivity index (χ1) is 11.7. The number of hydrogen-bond acceptors (Lipinski definition) is 3. The van der Waals surface area contributed by atoms with Crippen molar-refractivity contribution in [3.05, 3.63) is 40.8 Å². The van der Waals surface area contributed by atoms with Gasteiger partial charge in [0, 0.05) is 24.2 Å². The Balaban J connectivity index is 1.87. The second kappa shape index (κ2) is 6.26. The van der Waals surface area contributed by atoms with Gasteiger partial charge in [-0.1, -0.05) is 31.5 Å². The summed E-state index contributed by atoms with van der Waals surface area (Å²) in [4.78, 5) is 37.2. The largest absolute Gasteiger partial charge is 0.329 e. The van der Waals surface area contributed by atoms with E-state index in [4.69, 9.17) is 11.6 Å². The first kappa shape index (κ1) is 17.6. The van der Waals surface area contributed by atoms with Crippen LogP contribution in [-0.4, -0.2) is 17.6 Å². The van der Waals surface area contributed by atoms with Crippen LogP contribution >= 0.6 is 11.6 Å². The minimum atomic E-state index is -0.799. The molecule has 1 aliphatic heterocycles. The van der Waals surface area contributed by atoms with E-state index in [2.05, 4.69) is 10.6 Å². The maximum absolute atomic E-state index is 13.2. The number of rotatable bonds is 2. The summed E-state index contributed by atoms with van der Waals surface area (Å²) in [7, 11) is 0. The molecular formula is C18H18ClFN2O3. The van der Waals surface area contributed by atoms with Crippen LogP contribution < -0.4 is 10.6 Å². The van der Waals surface area contributed by atoms with Crippen molar-refractivity contribution in [2.75, 3.05) is 5.32 Å². The molecule has 0 unspecified atom stereocenters. The number of carbonyl (C=O) groups is 3. The van der Waals surface area contributed by atoms with Gasteiger partial charge in [-0.25, -0.2) is 4.39 Å². The predicted molar refractivity (Wildman–Crippen MR) is 91.3 cm³/mol. The van der Waals surface area contributed by atoms with Crippen molar-refractivity contribution in [1.82, 2.24) is 5.32 Å². The summed E-state index contributed by atoms with van der Waals surface area (Å²) in [5.74, 6) is -2.88. The van der Waals surface area contributed by atoms with Crippen molar-refractivity contribution in [1.29, 1.82) is 0 Å². The van der Waals surface area contributed by atoms with E-state index in [0.717, 1.165) is 6.07 Å². The number of ketones is 1. The number of benzene rings is 1. The van der Waals surface area contributed by atoms with Crippen LogP contribution in [0.25, 0.3) is 0 Å². The zero-order valence-electron chi connectivity index (χ0n) is 13.9. The summed E-state index contributed by atoms with van der Waals surface area (Å²) in [6, 6.07) is 3.82. The van der Waals surface area contributed by atoms with E-state index in [1.807, 2.05) is 19.9 Å². The van der Waals surface area contributed by atoms with Gasteiger partial charge in [0.2, 0.25) is 11.8 Å². The third kappa shape index (κ3) is 3.58. The van der Waals surface area contributed by atoms with E-state index >= 15 is 0 Å². The van der Waals surface area contributed by atoms with Gasteiger partial charge in [-0.05, 0) is 23.6 Å². The van der Waals surface area contributed by atoms with Gasteiger partial charge in [-0.15, -0.1) is 0 Å². The summed E-state index contributed by atoms with van der Waals surface area (Å²) in [6.45, 7) is 3.81. The maximum atomic E-state index is 13.2. The van der Waals surface area contributed by atoms with Crippen LogP contribution in [0.4, 0.5) is 10.1 Å². The van der Waals surface area contributed by atoms with Crippen LogP contribution in [0.3, 0.4) is 0 Å². The monoisotopic (exact) mass is 364 g/mol.